The van der Waals surface area contributed by atoms with Crippen molar-refractivity contribution < 1.29 is 9.90 Å². The summed E-state index contributed by atoms with van der Waals surface area (Å²) in [4.78, 5) is 25.9. The topological polar surface area (TPSA) is 86.3 Å². The summed E-state index contributed by atoms with van der Waals surface area (Å²) in [5.41, 5.74) is 0.520. The van der Waals surface area contributed by atoms with Gasteiger partial charge in [0.15, 0.2) is 0 Å². The summed E-state index contributed by atoms with van der Waals surface area (Å²) in [5.74, 6) is -0.371. The van der Waals surface area contributed by atoms with Crippen LogP contribution in [-0.4, -0.2) is 39.2 Å². The Bertz CT molecular complexity index is 777. The van der Waals surface area contributed by atoms with Crippen molar-refractivity contribution in [2.75, 3.05) is 13.1 Å². The predicted molar refractivity (Wildman–Crippen MR) is 80.6 cm³/mol. The standard InChI is InChI=1S/C16H17N3O3/c1-10-11(2)17-18-14(20)13(10)15(21)19-8-16(22,9-19)12-6-4-3-5-7-12/h3-7,22H,8-9H2,1-2H3,(H,18,20). The molecule has 6 heteroatoms. The fraction of sp³-hybridized carbons (Fsp3) is 0.312. The normalized spacial score (nSPS) is 16.2. The van der Waals surface area contributed by atoms with E-state index in [1.54, 1.807) is 13.8 Å². The van der Waals surface area contributed by atoms with E-state index in [0.29, 0.717) is 11.3 Å². The monoisotopic (exact) mass is 299 g/mol. The van der Waals surface area contributed by atoms with Crippen LogP contribution in [-0.2, 0) is 5.60 Å². The molecule has 3 rings (SSSR count). The summed E-state index contributed by atoms with van der Waals surface area (Å²) in [7, 11) is 0. The van der Waals surface area contributed by atoms with Crippen LogP contribution in [0.25, 0.3) is 0 Å². The van der Waals surface area contributed by atoms with E-state index in [9.17, 15) is 14.7 Å². The highest BCUT2D eigenvalue weighted by atomic mass is 16.3. The van der Waals surface area contributed by atoms with Crippen LogP contribution in [0.5, 0.6) is 0 Å². The molecule has 1 saturated heterocycles. The van der Waals surface area contributed by atoms with Crippen LogP contribution in [0.4, 0.5) is 0 Å². The van der Waals surface area contributed by atoms with Crippen LogP contribution in [0.1, 0.15) is 27.2 Å². The number of aryl methyl sites for hydroxylation is 1. The van der Waals surface area contributed by atoms with Gasteiger partial charge >= 0.3 is 0 Å². The zero-order chi connectivity index (χ0) is 15.9. The Morgan fingerprint density at radius 1 is 1.27 bits per heavy atom. The highest BCUT2D eigenvalue weighted by Crippen LogP contribution is 2.32. The number of hydrogen-bond acceptors (Lipinski definition) is 4. The second kappa shape index (κ2) is 5.06. The third-order valence-electron chi connectivity index (χ3n) is 4.19. The van der Waals surface area contributed by atoms with Gasteiger partial charge in [0.2, 0.25) is 0 Å². The molecule has 0 spiro atoms. The van der Waals surface area contributed by atoms with E-state index in [1.807, 2.05) is 30.3 Å². The number of nitrogens with zero attached hydrogens (tertiary/aromatic N) is 2. The lowest BCUT2D eigenvalue weighted by atomic mass is 9.85. The van der Waals surface area contributed by atoms with Crippen molar-refractivity contribution in [2.24, 2.45) is 0 Å². The molecule has 22 heavy (non-hydrogen) atoms. The van der Waals surface area contributed by atoms with E-state index in [-0.39, 0.29) is 24.6 Å². The van der Waals surface area contributed by atoms with Crippen molar-refractivity contribution in [1.29, 1.82) is 0 Å². The number of aromatic amines is 1. The van der Waals surface area contributed by atoms with Crippen LogP contribution in [0, 0.1) is 13.8 Å². The molecule has 2 aromatic rings. The van der Waals surface area contributed by atoms with Crippen LogP contribution in [0.15, 0.2) is 35.1 Å². The lowest BCUT2D eigenvalue weighted by Crippen LogP contribution is -2.61. The largest absolute Gasteiger partial charge is 0.381 e. The molecule has 0 bridgehead atoms. The number of rotatable bonds is 2. The molecule has 1 fully saturated rings. The minimum absolute atomic E-state index is 0.0996. The van der Waals surface area contributed by atoms with Gasteiger partial charge in [0, 0.05) is 0 Å². The maximum atomic E-state index is 12.5. The summed E-state index contributed by atoms with van der Waals surface area (Å²) in [5, 5.41) is 16.7. The van der Waals surface area contributed by atoms with Crippen molar-refractivity contribution in [1.82, 2.24) is 15.1 Å². The number of likely N-dealkylation sites (tertiary alicyclic amines) is 1. The Hall–Kier alpha value is -2.47. The average Bonchev–Trinajstić information content (AvgIpc) is 2.49. The van der Waals surface area contributed by atoms with E-state index in [1.165, 1.54) is 4.90 Å². The Kier molecular flexibility index (Phi) is 3.33. The summed E-state index contributed by atoms with van der Waals surface area (Å²) >= 11 is 0. The third kappa shape index (κ3) is 2.21. The molecular formula is C16H17N3O3. The molecule has 1 amide bonds. The van der Waals surface area contributed by atoms with Gasteiger partial charge in [0.25, 0.3) is 11.5 Å². The second-order valence-corrected chi connectivity index (χ2v) is 5.70. The van der Waals surface area contributed by atoms with E-state index in [2.05, 4.69) is 10.2 Å². The zero-order valence-electron chi connectivity index (χ0n) is 12.5. The number of aliphatic hydroxyl groups is 1. The first-order chi connectivity index (χ1) is 10.4. The molecular weight excluding hydrogens is 282 g/mol. The number of hydrogen-bond donors (Lipinski definition) is 2. The quantitative estimate of drug-likeness (QED) is 0.856. The zero-order valence-corrected chi connectivity index (χ0v) is 12.5. The maximum Gasteiger partial charge on any atom is 0.277 e. The molecule has 0 radical (unpaired) electrons. The highest BCUT2D eigenvalue weighted by Gasteiger charge is 2.45. The Labute approximate surface area is 127 Å². The molecule has 0 saturated carbocycles. The third-order valence-corrected chi connectivity index (χ3v) is 4.19. The van der Waals surface area contributed by atoms with Gasteiger partial charge < -0.3 is 10.0 Å². The molecule has 1 aromatic carbocycles. The van der Waals surface area contributed by atoms with Gasteiger partial charge in [-0.3, -0.25) is 9.59 Å². The second-order valence-electron chi connectivity index (χ2n) is 5.70. The van der Waals surface area contributed by atoms with Crippen molar-refractivity contribution in [3.63, 3.8) is 0 Å². The molecule has 114 valence electrons. The molecule has 1 aliphatic rings. The van der Waals surface area contributed by atoms with Gasteiger partial charge in [-0.25, -0.2) is 5.10 Å². The van der Waals surface area contributed by atoms with Crippen LogP contribution < -0.4 is 5.56 Å². The lowest BCUT2D eigenvalue weighted by Gasteiger charge is -2.46. The number of carbonyl (C=O) groups is 1. The van der Waals surface area contributed by atoms with Crippen LogP contribution in [0.2, 0.25) is 0 Å². The molecule has 2 heterocycles. The molecule has 0 aliphatic carbocycles. The first-order valence-electron chi connectivity index (χ1n) is 7.05. The van der Waals surface area contributed by atoms with E-state index >= 15 is 0 Å². The fourth-order valence-corrected chi connectivity index (χ4v) is 2.70. The number of β-amino-alcohol motifs (C(OH)–C–C–N with tert-alkyl or cyclic N) is 1. The molecule has 0 unspecified atom stereocenters. The summed E-state index contributed by atoms with van der Waals surface area (Å²) in [6, 6.07) is 9.22. The number of H-pyrrole nitrogens is 1. The average molecular weight is 299 g/mol. The Balaban J connectivity index is 1.83. The molecule has 1 aliphatic heterocycles. The fourth-order valence-electron chi connectivity index (χ4n) is 2.70. The number of amides is 1. The molecule has 0 atom stereocenters. The highest BCUT2D eigenvalue weighted by molar-refractivity contribution is 5.96. The van der Waals surface area contributed by atoms with Crippen LogP contribution in [0.3, 0.4) is 0 Å². The van der Waals surface area contributed by atoms with Crippen molar-refractivity contribution >= 4 is 5.91 Å². The number of benzene rings is 1. The van der Waals surface area contributed by atoms with Gasteiger partial charge in [0.05, 0.1) is 18.8 Å². The maximum absolute atomic E-state index is 12.5. The smallest absolute Gasteiger partial charge is 0.277 e. The van der Waals surface area contributed by atoms with Gasteiger partial charge in [0.1, 0.15) is 11.2 Å². The van der Waals surface area contributed by atoms with Crippen molar-refractivity contribution in [2.45, 2.75) is 19.4 Å². The van der Waals surface area contributed by atoms with Crippen molar-refractivity contribution in [3.05, 3.63) is 63.1 Å². The molecule has 1 aromatic heterocycles. The van der Waals surface area contributed by atoms with Gasteiger partial charge in [-0.15, -0.1) is 0 Å². The molecule has 2 N–H and O–H groups in total. The van der Waals surface area contributed by atoms with Crippen molar-refractivity contribution in [3.8, 4) is 0 Å². The van der Waals surface area contributed by atoms with Crippen LogP contribution >= 0.6 is 0 Å². The van der Waals surface area contributed by atoms with E-state index in [4.69, 9.17) is 0 Å². The minimum atomic E-state index is -1.04. The Morgan fingerprint density at radius 2 is 1.91 bits per heavy atom. The number of aromatic nitrogens is 2. The van der Waals surface area contributed by atoms with E-state index < -0.39 is 11.2 Å². The predicted octanol–water partition coefficient (Wildman–Crippen LogP) is 0.730. The van der Waals surface area contributed by atoms with Gasteiger partial charge in [-0.05, 0) is 25.0 Å². The first kappa shape index (κ1) is 14.5. The van der Waals surface area contributed by atoms with E-state index in [0.717, 1.165) is 5.56 Å². The SMILES string of the molecule is Cc1n[nH]c(=O)c(C(=O)N2CC(O)(c3ccccc3)C2)c1C. The number of carbonyl (C=O) groups excluding carboxylic acids is 1. The summed E-state index contributed by atoms with van der Waals surface area (Å²) in [6.45, 7) is 3.79. The lowest BCUT2D eigenvalue weighted by molar-refractivity contribution is -0.0864. The summed E-state index contributed by atoms with van der Waals surface area (Å²) < 4.78 is 0. The molecule has 6 nitrogen and oxygen atoms in total. The van der Waals surface area contributed by atoms with Gasteiger partial charge in [-0.1, -0.05) is 30.3 Å². The number of nitrogens with one attached hydrogen (secondary N) is 1. The van der Waals surface area contributed by atoms with Gasteiger partial charge in [-0.2, -0.15) is 5.10 Å². The minimum Gasteiger partial charge on any atom is -0.381 e. The summed E-state index contributed by atoms with van der Waals surface area (Å²) in [6.07, 6.45) is 0. The first-order valence-corrected chi connectivity index (χ1v) is 7.05. The Morgan fingerprint density at radius 3 is 2.55 bits per heavy atom.